The molecule has 0 amide bonds. The van der Waals surface area contributed by atoms with Crippen molar-refractivity contribution in [1.82, 2.24) is 9.55 Å². The number of benzene rings is 2. The Balaban J connectivity index is 0.00000192. The normalized spacial score (nSPS) is 10.1. The van der Waals surface area contributed by atoms with Crippen molar-refractivity contribution in [2.24, 2.45) is 0 Å². The topological polar surface area (TPSA) is 27.1 Å². The van der Waals surface area contributed by atoms with Crippen molar-refractivity contribution in [2.75, 3.05) is 6.61 Å². The predicted molar refractivity (Wildman–Crippen MR) is 96.1 cm³/mol. The third-order valence-corrected chi connectivity index (χ3v) is 3.60. The van der Waals surface area contributed by atoms with Gasteiger partial charge >= 0.3 is 0 Å². The Labute approximate surface area is 143 Å². The van der Waals surface area contributed by atoms with Gasteiger partial charge in [0.1, 0.15) is 5.75 Å². The van der Waals surface area contributed by atoms with E-state index in [9.17, 15) is 0 Å². The van der Waals surface area contributed by atoms with E-state index < -0.39 is 0 Å². The molecule has 0 saturated carbocycles. The van der Waals surface area contributed by atoms with E-state index in [4.69, 9.17) is 4.74 Å². The van der Waals surface area contributed by atoms with Crippen molar-refractivity contribution in [1.29, 1.82) is 0 Å². The summed E-state index contributed by atoms with van der Waals surface area (Å²) < 4.78 is 8.08. The zero-order chi connectivity index (χ0) is 15.0. The molecular formula is C19H21ClN2O. The first-order valence-electron chi connectivity index (χ1n) is 7.66. The van der Waals surface area contributed by atoms with Crippen LogP contribution < -0.4 is 4.74 Å². The molecule has 2 aromatic carbocycles. The summed E-state index contributed by atoms with van der Waals surface area (Å²) in [6.45, 7) is 1.72. The SMILES string of the molecule is Cl.c1ccc(-c2ccccc2OCCCCn2ccnc2)cc1. The second-order valence-corrected chi connectivity index (χ2v) is 5.22. The summed E-state index contributed by atoms with van der Waals surface area (Å²) >= 11 is 0. The third kappa shape index (κ3) is 4.86. The minimum atomic E-state index is 0. The smallest absolute Gasteiger partial charge is 0.127 e. The molecule has 0 radical (unpaired) electrons. The van der Waals surface area contributed by atoms with Gasteiger partial charge in [0.2, 0.25) is 0 Å². The van der Waals surface area contributed by atoms with Crippen LogP contribution in [0.2, 0.25) is 0 Å². The van der Waals surface area contributed by atoms with Crippen LogP contribution in [-0.2, 0) is 6.54 Å². The second kappa shape index (κ2) is 9.01. The first kappa shape index (κ1) is 17.1. The fourth-order valence-electron chi connectivity index (χ4n) is 2.45. The fraction of sp³-hybridized carbons (Fsp3) is 0.211. The molecule has 0 bridgehead atoms. The zero-order valence-electron chi connectivity index (χ0n) is 13.0. The first-order chi connectivity index (χ1) is 10.9. The number of aromatic nitrogens is 2. The fourth-order valence-corrected chi connectivity index (χ4v) is 2.45. The number of hydrogen-bond acceptors (Lipinski definition) is 2. The summed E-state index contributed by atoms with van der Waals surface area (Å²) in [6, 6.07) is 18.6. The number of nitrogens with zero attached hydrogens (tertiary/aromatic N) is 2. The van der Waals surface area contributed by atoms with Crippen LogP contribution in [0.3, 0.4) is 0 Å². The van der Waals surface area contributed by atoms with Crippen LogP contribution in [0.25, 0.3) is 11.1 Å². The summed E-state index contributed by atoms with van der Waals surface area (Å²) in [4.78, 5) is 4.05. The lowest BCUT2D eigenvalue weighted by Crippen LogP contribution is -2.01. The first-order valence-corrected chi connectivity index (χ1v) is 7.66. The van der Waals surface area contributed by atoms with Crippen molar-refractivity contribution in [3.8, 4) is 16.9 Å². The molecule has 0 N–H and O–H groups in total. The zero-order valence-corrected chi connectivity index (χ0v) is 13.8. The third-order valence-electron chi connectivity index (χ3n) is 3.60. The second-order valence-electron chi connectivity index (χ2n) is 5.22. The molecule has 0 aliphatic carbocycles. The highest BCUT2D eigenvalue weighted by Gasteiger charge is 2.04. The van der Waals surface area contributed by atoms with E-state index in [0.717, 1.165) is 37.3 Å². The van der Waals surface area contributed by atoms with E-state index in [-0.39, 0.29) is 12.4 Å². The number of ether oxygens (including phenoxy) is 1. The van der Waals surface area contributed by atoms with Gasteiger partial charge in [-0.05, 0) is 24.5 Å². The van der Waals surface area contributed by atoms with Gasteiger partial charge in [-0.15, -0.1) is 12.4 Å². The van der Waals surface area contributed by atoms with Crippen LogP contribution >= 0.6 is 12.4 Å². The van der Waals surface area contributed by atoms with E-state index >= 15 is 0 Å². The summed E-state index contributed by atoms with van der Waals surface area (Å²) in [5, 5.41) is 0. The van der Waals surface area contributed by atoms with Crippen LogP contribution in [0.1, 0.15) is 12.8 Å². The lowest BCUT2D eigenvalue weighted by Gasteiger charge is -2.11. The van der Waals surface area contributed by atoms with Crippen molar-refractivity contribution in [2.45, 2.75) is 19.4 Å². The highest BCUT2D eigenvalue weighted by atomic mass is 35.5. The molecule has 0 aliphatic heterocycles. The van der Waals surface area contributed by atoms with Crippen molar-refractivity contribution < 1.29 is 4.74 Å². The quantitative estimate of drug-likeness (QED) is 0.581. The van der Waals surface area contributed by atoms with E-state index in [2.05, 4.69) is 39.9 Å². The van der Waals surface area contributed by atoms with E-state index in [1.165, 1.54) is 5.56 Å². The van der Waals surface area contributed by atoms with Crippen LogP contribution in [0, 0.1) is 0 Å². The molecule has 3 aromatic rings. The molecule has 3 rings (SSSR count). The van der Waals surface area contributed by atoms with Gasteiger partial charge in [0, 0.05) is 24.5 Å². The van der Waals surface area contributed by atoms with Gasteiger partial charge in [0.25, 0.3) is 0 Å². The summed E-state index contributed by atoms with van der Waals surface area (Å²) in [7, 11) is 0. The average molecular weight is 329 g/mol. The number of unbranched alkanes of at least 4 members (excludes halogenated alkanes) is 1. The van der Waals surface area contributed by atoms with Gasteiger partial charge in [0.05, 0.1) is 12.9 Å². The monoisotopic (exact) mass is 328 g/mol. The summed E-state index contributed by atoms with van der Waals surface area (Å²) in [5.41, 5.74) is 2.34. The molecule has 0 fully saturated rings. The van der Waals surface area contributed by atoms with Crippen LogP contribution in [0.4, 0.5) is 0 Å². The molecule has 1 aromatic heterocycles. The van der Waals surface area contributed by atoms with Gasteiger partial charge in [-0.3, -0.25) is 0 Å². The molecule has 0 aliphatic rings. The Morgan fingerprint density at radius 3 is 2.48 bits per heavy atom. The maximum absolute atomic E-state index is 5.99. The molecular weight excluding hydrogens is 308 g/mol. The van der Waals surface area contributed by atoms with E-state index in [0.29, 0.717) is 0 Å². The number of rotatable bonds is 7. The molecule has 1 heterocycles. The summed E-state index contributed by atoms with van der Waals surface area (Å²) in [6.07, 6.45) is 7.77. The number of para-hydroxylation sites is 1. The van der Waals surface area contributed by atoms with E-state index in [1.54, 1.807) is 0 Å². The van der Waals surface area contributed by atoms with Gasteiger partial charge in [-0.1, -0.05) is 48.5 Å². The minimum absolute atomic E-state index is 0. The Morgan fingerprint density at radius 1 is 0.913 bits per heavy atom. The minimum Gasteiger partial charge on any atom is -0.493 e. The highest BCUT2D eigenvalue weighted by molar-refractivity contribution is 5.85. The van der Waals surface area contributed by atoms with Crippen molar-refractivity contribution >= 4 is 12.4 Å². The molecule has 23 heavy (non-hydrogen) atoms. The average Bonchev–Trinajstić information content (AvgIpc) is 3.09. The lowest BCUT2D eigenvalue weighted by atomic mass is 10.1. The van der Waals surface area contributed by atoms with Crippen molar-refractivity contribution in [3.05, 3.63) is 73.3 Å². The predicted octanol–water partition coefficient (Wildman–Crippen LogP) is 4.83. The van der Waals surface area contributed by atoms with Crippen LogP contribution in [0.15, 0.2) is 73.3 Å². The molecule has 4 heteroatoms. The Morgan fingerprint density at radius 2 is 1.70 bits per heavy atom. The molecule has 0 saturated heterocycles. The molecule has 0 atom stereocenters. The van der Waals surface area contributed by atoms with Crippen LogP contribution in [0.5, 0.6) is 5.75 Å². The molecule has 0 unspecified atom stereocenters. The number of imidazole rings is 1. The number of aryl methyl sites for hydroxylation is 1. The summed E-state index contributed by atoms with van der Waals surface area (Å²) in [5.74, 6) is 0.955. The Bertz CT molecular complexity index is 684. The van der Waals surface area contributed by atoms with Crippen LogP contribution in [-0.4, -0.2) is 16.2 Å². The highest BCUT2D eigenvalue weighted by Crippen LogP contribution is 2.29. The maximum Gasteiger partial charge on any atom is 0.127 e. The Hall–Kier alpha value is -2.26. The molecule has 3 nitrogen and oxygen atoms in total. The Kier molecular flexibility index (Phi) is 6.70. The largest absolute Gasteiger partial charge is 0.493 e. The molecule has 120 valence electrons. The number of hydrogen-bond donors (Lipinski definition) is 0. The lowest BCUT2D eigenvalue weighted by molar-refractivity contribution is 0.304. The van der Waals surface area contributed by atoms with E-state index in [1.807, 2.05) is 43.0 Å². The van der Waals surface area contributed by atoms with Gasteiger partial charge in [-0.25, -0.2) is 4.98 Å². The van der Waals surface area contributed by atoms with Gasteiger partial charge < -0.3 is 9.30 Å². The molecule has 0 spiro atoms. The standard InChI is InChI=1S/C19H20N2O.ClH/c1-2-8-17(9-3-1)18-10-4-5-11-19(18)22-15-7-6-13-21-14-12-20-16-21;/h1-5,8-12,14,16H,6-7,13,15H2;1H. The van der Waals surface area contributed by atoms with Crippen molar-refractivity contribution in [3.63, 3.8) is 0 Å². The van der Waals surface area contributed by atoms with Gasteiger partial charge in [-0.2, -0.15) is 0 Å². The van der Waals surface area contributed by atoms with Gasteiger partial charge in [0.15, 0.2) is 0 Å². The number of halogens is 1. The maximum atomic E-state index is 5.99.